The molecule has 7 nitrogen and oxygen atoms in total. The van der Waals surface area contributed by atoms with E-state index >= 15 is 0 Å². The Morgan fingerprint density at radius 2 is 1.87 bits per heavy atom. The van der Waals surface area contributed by atoms with Crippen molar-refractivity contribution in [1.82, 2.24) is 10.2 Å². The number of hydrogen-bond acceptors (Lipinski definition) is 5. The summed E-state index contributed by atoms with van der Waals surface area (Å²) in [7, 11) is 1.49. The van der Waals surface area contributed by atoms with Gasteiger partial charge in [0.2, 0.25) is 5.91 Å². The predicted octanol–water partition coefficient (Wildman–Crippen LogP) is 2.69. The second-order valence-electron chi connectivity index (χ2n) is 7.47. The molecule has 1 aliphatic rings. The summed E-state index contributed by atoms with van der Waals surface area (Å²) in [5.41, 5.74) is 1.61. The van der Waals surface area contributed by atoms with E-state index in [9.17, 15) is 9.59 Å². The molecule has 2 aromatic rings. The average Bonchev–Trinajstić information content (AvgIpc) is 2.82. The average molecular weight is 421 g/mol. The van der Waals surface area contributed by atoms with Crippen molar-refractivity contribution in [2.24, 2.45) is 0 Å². The molecule has 7 heteroatoms. The largest absolute Gasteiger partial charge is 0.493 e. The standard InChI is InChI=1S/C24H27N3O4/c1-30-22-15-19(16-25)7-9-21(22)31-17-24(29)27-13-11-20(12-14-27)26-23(28)10-8-18-5-3-2-4-6-18/h2-7,9,15,20H,8,10-14,17H2,1H3,(H,26,28). The van der Waals surface area contributed by atoms with E-state index in [1.165, 1.54) is 7.11 Å². The first kappa shape index (κ1) is 22.2. The summed E-state index contributed by atoms with van der Waals surface area (Å²) in [4.78, 5) is 26.5. The Morgan fingerprint density at radius 1 is 1.13 bits per heavy atom. The number of hydrogen-bond donors (Lipinski definition) is 1. The molecule has 1 heterocycles. The van der Waals surface area contributed by atoms with E-state index in [-0.39, 0.29) is 24.5 Å². The maximum Gasteiger partial charge on any atom is 0.260 e. The van der Waals surface area contributed by atoms with Gasteiger partial charge in [0.25, 0.3) is 5.91 Å². The number of piperidine rings is 1. The van der Waals surface area contributed by atoms with Crippen molar-refractivity contribution < 1.29 is 19.1 Å². The Morgan fingerprint density at radius 3 is 2.55 bits per heavy atom. The van der Waals surface area contributed by atoms with Crippen molar-refractivity contribution in [1.29, 1.82) is 5.26 Å². The van der Waals surface area contributed by atoms with Gasteiger partial charge in [0.15, 0.2) is 18.1 Å². The van der Waals surface area contributed by atoms with Crippen LogP contribution in [0.15, 0.2) is 48.5 Å². The predicted molar refractivity (Wildman–Crippen MR) is 116 cm³/mol. The van der Waals surface area contributed by atoms with E-state index in [1.54, 1.807) is 23.1 Å². The monoisotopic (exact) mass is 421 g/mol. The minimum Gasteiger partial charge on any atom is -0.493 e. The zero-order valence-corrected chi connectivity index (χ0v) is 17.7. The fourth-order valence-electron chi connectivity index (χ4n) is 3.56. The Kier molecular flexibility index (Phi) is 7.88. The number of nitriles is 1. The third-order valence-corrected chi connectivity index (χ3v) is 5.34. The molecular formula is C24H27N3O4. The molecule has 0 radical (unpaired) electrons. The van der Waals surface area contributed by atoms with E-state index in [2.05, 4.69) is 5.32 Å². The third kappa shape index (κ3) is 6.48. The van der Waals surface area contributed by atoms with Crippen LogP contribution in [0.25, 0.3) is 0 Å². The lowest BCUT2D eigenvalue weighted by atomic mass is 10.0. The maximum absolute atomic E-state index is 12.5. The molecule has 0 aliphatic carbocycles. The first-order valence-corrected chi connectivity index (χ1v) is 10.4. The summed E-state index contributed by atoms with van der Waals surface area (Å²) in [6, 6.07) is 16.9. The fraction of sp³-hybridized carbons (Fsp3) is 0.375. The fourth-order valence-corrected chi connectivity index (χ4v) is 3.56. The van der Waals surface area contributed by atoms with Crippen LogP contribution in [0.5, 0.6) is 11.5 Å². The number of likely N-dealkylation sites (tertiary alicyclic amines) is 1. The minimum atomic E-state index is -0.111. The third-order valence-electron chi connectivity index (χ3n) is 5.34. The number of methoxy groups -OCH3 is 1. The van der Waals surface area contributed by atoms with Gasteiger partial charge in [-0.05, 0) is 37.0 Å². The number of rotatable bonds is 8. The Hall–Kier alpha value is -3.53. The summed E-state index contributed by atoms with van der Waals surface area (Å²) in [5.74, 6) is 0.782. The second-order valence-corrected chi connectivity index (χ2v) is 7.47. The van der Waals surface area contributed by atoms with Crippen LogP contribution < -0.4 is 14.8 Å². The van der Waals surface area contributed by atoms with Crippen LogP contribution in [0.3, 0.4) is 0 Å². The van der Waals surface area contributed by atoms with Gasteiger partial charge >= 0.3 is 0 Å². The summed E-state index contributed by atoms with van der Waals surface area (Å²) < 4.78 is 10.8. The van der Waals surface area contributed by atoms with Crippen LogP contribution in [-0.2, 0) is 16.0 Å². The van der Waals surface area contributed by atoms with Crippen molar-refractivity contribution in [3.05, 3.63) is 59.7 Å². The number of amides is 2. The van der Waals surface area contributed by atoms with Crippen LogP contribution in [0.4, 0.5) is 0 Å². The first-order chi connectivity index (χ1) is 15.1. The normalized spacial score (nSPS) is 13.9. The van der Waals surface area contributed by atoms with E-state index in [1.807, 2.05) is 36.4 Å². The van der Waals surface area contributed by atoms with Gasteiger partial charge in [-0.25, -0.2) is 0 Å². The molecule has 2 amide bonds. The van der Waals surface area contributed by atoms with Crippen LogP contribution >= 0.6 is 0 Å². The molecule has 1 fully saturated rings. The number of ether oxygens (including phenoxy) is 2. The number of benzene rings is 2. The van der Waals surface area contributed by atoms with Crippen LogP contribution in [0.2, 0.25) is 0 Å². The molecule has 162 valence electrons. The molecule has 0 spiro atoms. The molecule has 0 atom stereocenters. The molecule has 2 aromatic carbocycles. The highest BCUT2D eigenvalue weighted by Crippen LogP contribution is 2.28. The van der Waals surface area contributed by atoms with E-state index < -0.39 is 0 Å². The second kappa shape index (κ2) is 11.0. The molecule has 1 aliphatic heterocycles. The van der Waals surface area contributed by atoms with Gasteiger partial charge in [-0.2, -0.15) is 5.26 Å². The number of nitrogens with one attached hydrogen (secondary N) is 1. The molecule has 0 unspecified atom stereocenters. The Balaban J connectivity index is 1.39. The smallest absolute Gasteiger partial charge is 0.260 e. The topological polar surface area (TPSA) is 91.7 Å². The van der Waals surface area contributed by atoms with Crippen LogP contribution in [0, 0.1) is 11.3 Å². The zero-order chi connectivity index (χ0) is 22.1. The highest BCUT2D eigenvalue weighted by atomic mass is 16.5. The highest BCUT2D eigenvalue weighted by molar-refractivity contribution is 5.78. The highest BCUT2D eigenvalue weighted by Gasteiger charge is 2.24. The van der Waals surface area contributed by atoms with Gasteiger partial charge in [-0.3, -0.25) is 9.59 Å². The lowest BCUT2D eigenvalue weighted by Gasteiger charge is -2.32. The lowest BCUT2D eigenvalue weighted by molar-refractivity contribution is -0.134. The molecule has 0 saturated carbocycles. The minimum absolute atomic E-state index is 0.0462. The van der Waals surface area contributed by atoms with Gasteiger partial charge in [0, 0.05) is 31.6 Å². The number of carbonyl (C=O) groups is 2. The molecule has 0 aromatic heterocycles. The lowest BCUT2D eigenvalue weighted by Crippen LogP contribution is -2.47. The zero-order valence-electron chi connectivity index (χ0n) is 17.7. The van der Waals surface area contributed by atoms with E-state index in [4.69, 9.17) is 14.7 Å². The Bertz CT molecular complexity index is 932. The van der Waals surface area contributed by atoms with Crippen LogP contribution in [0.1, 0.15) is 30.4 Å². The molecule has 0 bridgehead atoms. The summed E-state index contributed by atoms with van der Waals surface area (Å²) in [6.45, 7) is 1.06. The molecule has 1 N–H and O–H groups in total. The maximum atomic E-state index is 12.5. The van der Waals surface area contributed by atoms with Gasteiger partial charge in [-0.1, -0.05) is 30.3 Å². The number of nitrogens with zero attached hydrogens (tertiary/aromatic N) is 2. The van der Waals surface area contributed by atoms with Crippen molar-refractivity contribution in [2.75, 3.05) is 26.8 Å². The summed E-state index contributed by atoms with van der Waals surface area (Å²) >= 11 is 0. The number of carbonyl (C=O) groups excluding carboxylic acids is 2. The number of aryl methyl sites for hydroxylation is 1. The quantitative estimate of drug-likeness (QED) is 0.708. The molecule has 31 heavy (non-hydrogen) atoms. The van der Waals surface area contributed by atoms with Crippen molar-refractivity contribution in [2.45, 2.75) is 31.7 Å². The van der Waals surface area contributed by atoms with Crippen molar-refractivity contribution in [3.8, 4) is 17.6 Å². The van der Waals surface area contributed by atoms with Crippen molar-refractivity contribution in [3.63, 3.8) is 0 Å². The summed E-state index contributed by atoms with van der Waals surface area (Å²) in [5, 5.41) is 12.0. The molecule has 1 saturated heterocycles. The summed E-state index contributed by atoms with van der Waals surface area (Å²) in [6.07, 6.45) is 2.63. The van der Waals surface area contributed by atoms with Crippen molar-refractivity contribution >= 4 is 11.8 Å². The van der Waals surface area contributed by atoms with Gasteiger partial charge in [0.05, 0.1) is 18.7 Å². The van der Waals surface area contributed by atoms with Gasteiger partial charge in [0.1, 0.15) is 0 Å². The molecular weight excluding hydrogens is 394 g/mol. The van der Waals surface area contributed by atoms with Gasteiger partial charge < -0.3 is 19.7 Å². The van der Waals surface area contributed by atoms with Gasteiger partial charge in [-0.15, -0.1) is 0 Å². The molecule has 3 rings (SSSR count). The Labute approximate surface area is 182 Å². The van der Waals surface area contributed by atoms with Crippen LogP contribution in [-0.4, -0.2) is 49.6 Å². The van der Waals surface area contributed by atoms with E-state index in [0.29, 0.717) is 36.6 Å². The van der Waals surface area contributed by atoms with E-state index in [0.717, 1.165) is 24.8 Å². The first-order valence-electron chi connectivity index (χ1n) is 10.4. The SMILES string of the molecule is COc1cc(C#N)ccc1OCC(=O)N1CCC(NC(=O)CCc2ccccc2)CC1.